The molecule has 0 saturated heterocycles. The van der Waals surface area contributed by atoms with Crippen molar-refractivity contribution in [3.05, 3.63) is 35.9 Å². The predicted octanol–water partition coefficient (Wildman–Crippen LogP) is 2.11. The number of alkyl halides is 3. The first-order valence-corrected chi connectivity index (χ1v) is 3.91. The van der Waals surface area contributed by atoms with E-state index in [4.69, 9.17) is 5.73 Å². The lowest BCUT2D eigenvalue weighted by atomic mass is 10.2. The lowest BCUT2D eigenvalue weighted by Crippen LogP contribution is -2.31. The fourth-order valence-electron chi connectivity index (χ4n) is 0.850. The first-order chi connectivity index (χ1) is 6.50. The van der Waals surface area contributed by atoms with Crippen LogP contribution in [0, 0.1) is 0 Å². The first kappa shape index (κ1) is 10.6. The van der Waals surface area contributed by atoms with Crippen molar-refractivity contribution in [3.8, 4) is 0 Å². The van der Waals surface area contributed by atoms with Crippen LogP contribution in [0.15, 0.2) is 35.3 Å². The minimum absolute atomic E-state index is 0.0494. The predicted molar refractivity (Wildman–Crippen MR) is 47.8 cm³/mol. The molecule has 1 rings (SSSR count). The molecule has 0 amide bonds. The van der Waals surface area contributed by atoms with Crippen molar-refractivity contribution >= 4 is 5.84 Å². The SMILES string of the molecule is NC(=NCc1ccccc1)C(F)(F)F. The number of benzene rings is 1. The Morgan fingerprint density at radius 1 is 1.21 bits per heavy atom. The van der Waals surface area contributed by atoms with Crippen molar-refractivity contribution in [1.82, 2.24) is 0 Å². The molecule has 0 fully saturated rings. The van der Waals surface area contributed by atoms with Crippen molar-refractivity contribution in [2.45, 2.75) is 12.7 Å². The third-order valence-electron chi connectivity index (χ3n) is 1.57. The molecule has 0 atom stereocenters. The lowest BCUT2D eigenvalue weighted by Gasteiger charge is -2.04. The summed E-state index contributed by atoms with van der Waals surface area (Å²) in [6, 6.07) is 8.61. The Morgan fingerprint density at radius 2 is 1.79 bits per heavy atom. The smallest absolute Gasteiger partial charge is 0.380 e. The number of hydrogen-bond acceptors (Lipinski definition) is 1. The van der Waals surface area contributed by atoms with Crippen molar-refractivity contribution in [1.29, 1.82) is 0 Å². The second kappa shape index (κ2) is 4.13. The minimum atomic E-state index is -4.53. The molecule has 0 spiro atoms. The van der Waals surface area contributed by atoms with Gasteiger partial charge in [0, 0.05) is 0 Å². The fraction of sp³-hybridized carbons (Fsp3) is 0.222. The maximum Gasteiger partial charge on any atom is 0.448 e. The highest BCUT2D eigenvalue weighted by molar-refractivity contribution is 5.85. The summed E-state index contributed by atoms with van der Waals surface area (Å²) in [5.74, 6) is -1.29. The third-order valence-corrected chi connectivity index (χ3v) is 1.57. The second-order valence-electron chi connectivity index (χ2n) is 2.68. The number of nitrogens with zero attached hydrogens (tertiary/aromatic N) is 1. The van der Waals surface area contributed by atoms with E-state index in [1.807, 2.05) is 0 Å². The van der Waals surface area contributed by atoms with Crippen molar-refractivity contribution in [2.75, 3.05) is 0 Å². The summed E-state index contributed by atoms with van der Waals surface area (Å²) in [4.78, 5) is 3.24. The van der Waals surface area contributed by atoms with Gasteiger partial charge in [-0.15, -0.1) is 0 Å². The number of halogens is 3. The van der Waals surface area contributed by atoms with Gasteiger partial charge in [-0.05, 0) is 5.56 Å². The fourth-order valence-corrected chi connectivity index (χ4v) is 0.850. The normalized spacial score (nSPS) is 12.9. The molecular weight excluding hydrogens is 193 g/mol. The summed E-state index contributed by atoms with van der Waals surface area (Å²) in [6.07, 6.45) is -4.53. The van der Waals surface area contributed by atoms with E-state index in [0.717, 1.165) is 0 Å². The van der Waals surface area contributed by atoms with Gasteiger partial charge in [-0.3, -0.25) is 4.99 Å². The molecular formula is C9H9F3N2. The molecule has 0 saturated carbocycles. The highest BCUT2D eigenvalue weighted by Crippen LogP contribution is 2.14. The van der Waals surface area contributed by atoms with Gasteiger partial charge in [-0.2, -0.15) is 13.2 Å². The van der Waals surface area contributed by atoms with Gasteiger partial charge >= 0.3 is 6.18 Å². The Bertz CT molecular complexity index is 317. The van der Waals surface area contributed by atoms with E-state index in [2.05, 4.69) is 4.99 Å². The van der Waals surface area contributed by atoms with Crippen LogP contribution in [0.5, 0.6) is 0 Å². The molecule has 0 radical (unpaired) electrons. The standard InChI is InChI=1S/C9H9F3N2/c10-9(11,12)8(13)14-6-7-4-2-1-3-5-7/h1-5H,6H2,(H2,13,14). The van der Waals surface area contributed by atoms with E-state index in [1.165, 1.54) is 0 Å². The molecule has 0 heterocycles. The molecule has 2 nitrogen and oxygen atoms in total. The first-order valence-electron chi connectivity index (χ1n) is 3.91. The van der Waals surface area contributed by atoms with Crippen LogP contribution in [-0.2, 0) is 6.54 Å². The van der Waals surface area contributed by atoms with Crippen LogP contribution in [0.4, 0.5) is 13.2 Å². The molecule has 2 N–H and O–H groups in total. The molecule has 1 aromatic carbocycles. The van der Waals surface area contributed by atoms with Gasteiger partial charge in [-0.1, -0.05) is 30.3 Å². The topological polar surface area (TPSA) is 38.4 Å². The third kappa shape index (κ3) is 3.08. The summed E-state index contributed by atoms with van der Waals surface area (Å²) in [5, 5.41) is 0. The van der Waals surface area contributed by atoms with Gasteiger partial charge in [0.1, 0.15) is 0 Å². The van der Waals surface area contributed by atoms with E-state index >= 15 is 0 Å². The summed E-state index contributed by atoms with van der Waals surface area (Å²) in [6.45, 7) is -0.0494. The van der Waals surface area contributed by atoms with Crippen LogP contribution in [0.1, 0.15) is 5.56 Å². The molecule has 0 aliphatic carbocycles. The van der Waals surface area contributed by atoms with Crippen LogP contribution in [0.2, 0.25) is 0 Å². The van der Waals surface area contributed by atoms with Gasteiger partial charge < -0.3 is 5.73 Å². The van der Waals surface area contributed by atoms with Gasteiger partial charge in [0.2, 0.25) is 5.84 Å². The highest BCUT2D eigenvalue weighted by atomic mass is 19.4. The molecule has 76 valence electrons. The monoisotopic (exact) mass is 202 g/mol. The summed E-state index contributed by atoms with van der Waals surface area (Å²) in [7, 11) is 0. The number of amidine groups is 1. The zero-order chi connectivity index (χ0) is 10.6. The number of nitrogens with two attached hydrogens (primary N) is 1. The van der Waals surface area contributed by atoms with Crippen molar-refractivity contribution in [3.63, 3.8) is 0 Å². The second-order valence-corrected chi connectivity index (χ2v) is 2.68. The van der Waals surface area contributed by atoms with Gasteiger partial charge in [-0.25, -0.2) is 0 Å². The van der Waals surface area contributed by atoms with Crippen LogP contribution in [0.3, 0.4) is 0 Å². The van der Waals surface area contributed by atoms with Gasteiger partial charge in [0.05, 0.1) is 6.54 Å². The number of hydrogen-bond donors (Lipinski definition) is 1. The maximum absolute atomic E-state index is 11.9. The van der Waals surface area contributed by atoms with Crippen LogP contribution in [-0.4, -0.2) is 12.0 Å². The molecule has 1 aromatic rings. The Balaban J connectivity index is 2.65. The van der Waals surface area contributed by atoms with Gasteiger partial charge in [0.25, 0.3) is 0 Å². The number of rotatable bonds is 2. The molecule has 0 aliphatic heterocycles. The quantitative estimate of drug-likeness (QED) is 0.578. The largest absolute Gasteiger partial charge is 0.448 e. The van der Waals surface area contributed by atoms with E-state index in [9.17, 15) is 13.2 Å². The van der Waals surface area contributed by atoms with E-state index in [-0.39, 0.29) is 6.54 Å². The lowest BCUT2D eigenvalue weighted by molar-refractivity contribution is -0.0600. The molecule has 14 heavy (non-hydrogen) atoms. The Labute approximate surface area is 79.3 Å². The molecule has 0 aromatic heterocycles. The Morgan fingerprint density at radius 3 is 2.29 bits per heavy atom. The highest BCUT2D eigenvalue weighted by Gasteiger charge is 2.33. The Kier molecular flexibility index (Phi) is 3.11. The summed E-state index contributed by atoms with van der Waals surface area (Å²) < 4.78 is 35.7. The van der Waals surface area contributed by atoms with Crippen molar-refractivity contribution in [2.24, 2.45) is 10.7 Å². The average molecular weight is 202 g/mol. The van der Waals surface area contributed by atoms with E-state index in [1.54, 1.807) is 30.3 Å². The minimum Gasteiger partial charge on any atom is -0.380 e. The van der Waals surface area contributed by atoms with Crippen LogP contribution >= 0.6 is 0 Å². The molecule has 0 bridgehead atoms. The van der Waals surface area contributed by atoms with Gasteiger partial charge in [0.15, 0.2) is 0 Å². The molecule has 0 unspecified atom stereocenters. The molecule has 5 heteroatoms. The van der Waals surface area contributed by atoms with Crippen molar-refractivity contribution < 1.29 is 13.2 Å². The average Bonchev–Trinajstić information content (AvgIpc) is 2.14. The summed E-state index contributed by atoms with van der Waals surface area (Å²) >= 11 is 0. The zero-order valence-electron chi connectivity index (χ0n) is 7.25. The Hall–Kier alpha value is -1.52. The van der Waals surface area contributed by atoms with Crippen LogP contribution < -0.4 is 5.73 Å². The summed E-state index contributed by atoms with van der Waals surface area (Å²) in [5.41, 5.74) is 5.42. The maximum atomic E-state index is 11.9. The molecule has 0 aliphatic rings. The number of aliphatic imine (C=N–C) groups is 1. The zero-order valence-corrected chi connectivity index (χ0v) is 7.25. The van der Waals surface area contributed by atoms with Crippen LogP contribution in [0.25, 0.3) is 0 Å². The van der Waals surface area contributed by atoms with E-state index in [0.29, 0.717) is 5.56 Å². The van der Waals surface area contributed by atoms with E-state index < -0.39 is 12.0 Å².